The smallest absolute Gasteiger partial charge is 0.230 e. The first-order chi connectivity index (χ1) is 13.5. The second-order valence-corrected chi connectivity index (χ2v) is 7.95. The lowest BCUT2D eigenvalue weighted by molar-refractivity contribution is -0.136. The van der Waals surface area contributed by atoms with Crippen LogP contribution in [0.1, 0.15) is 37.6 Å². The van der Waals surface area contributed by atoms with Gasteiger partial charge in [0, 0.05) is 31.7 Å². The van der Waals surface area contributed by atoms with Crippen LogP contribution in [-0.4, -0.2) is 52.8 Å². The molecular formula is C22H27N3O3. The van der Waals surface area contributed by atoms with Gasteiger partial charge >= 0.3 is 0 Å². The predicted molar refractivity (Wildman–Crippen MR) is 105 cm³/mol. The fourth-order valence-electron chi connectivity index (χ4n) is 4.39. The average Bonchev–Trinajstić information content (AvgIpc) is 3.38. The SMILES string of the molecule is CCCN1CCC2(CCN(C(=O)Cc3nc(-c4ccccc4)oc3C)C2)C1=O. The highest BCUT2D eigenvalue weighted by molar-refractivity contribution is 5.87. The second kappa shape index (κ2) is 7.41. The maximum atomic E-state index is 12.9. The number of nitrogens with zero attached hydrogens (tertiary/aromatic N) is 3. The van der Waals surface area contributed by atoms with Gasteiger partial charge in [0.15, 0.2) is 0 Å². The molecule has 6 nitrogen and oxygen atoms in total. The molecule has 1 atom stereocenters. The number of hydrogen-bond acceptors (Lipinski definition) is 4. The van der Waals surface area contributed by atoms with Gasteiger partial charge in [-0.25, -0.2) is 4.98 Å². The average molecular weight is 381 g/mol. The van der Waals surface area contributed by atoms with Crippen LogP contribution in [0.3, 0.4) is 0 Å². The molecule has 1 unspecified atom stereocenters. The van der Waals surface area contributed by atoms with Crippen molar-refractivity contribution in [3.8, 4) is 11.5 Å². The van der Waals surface area contributed by atoms with E-state index in [2.05, 4.69) is 11.9 Å². The van der Waals surface area contributed by atoms with E-state index in [1.165, 1.54) is 0 Å². The monoisotopic (exact) mass is 381 g/mol. The van der Waals surface area contributed by atoms with E-state index in [9.17, 15) is 9.59 Å². The summed E-state index contributed by atoms with van der Waals surface area (Å²) in [5, 5.41) is 0. The third kappa shape index (κ3) is 3.32. The van der Waals surface area contributed by atoms with Crippen molar-refractivity contribution in [2.24, 2.45) is 5.41 Å². The molecule has 0 N–H and O–H groups in total. The van der Waals surface area contributed by atoms with Crippen molar-refractivity contribution in [2.45, 2.75) is 39.5 Å². The number of hydrogen-bond donors (Lipinski definition) is 0. The minimum atomic E-state index is -0.362. The van der Waals surface area contributed by atoms with Gasteiger partial charge in [0.1, 0.15) is 5.76 Å². The number of oxazole rings is 1. The summed E-state index contributed by atoms with van der Waals surface area (Å²) in [7, 11) is 0. The van der Waals surface area contributed by atoms with Gasteiger partial charge in [0.05, 0.1) is 17.5 Å². The fraction of sp³-hybridized carbons (Fsp3) is 0.500. The van der Waals surface area contributed by atoms with Crippen LogP contribution in [0.2, 0.25) is 0 Å². The van der Waals surface area contributed by atoms with Crippen LogP contribution in [0.4, 0.5) is 0 Å². The lowest BCUT2D eigenvalue weighted by atomic mass is 9.85. The van der Waals surface area contributed by atoms with Gasteiger partial charge in [-0.2, -0.15) is 0 Å². The van der Waals surface area contributed by atoms with Crippen molar-refractivity contribution in [1.29, 1.82) is 0 Å². The van der Waals surface area contributed by atoms with Gasteiger partial charge in [-0.1, -0.05) is 25.1 Å². The number of amides is 2. The molecule has 2 aliphatic heterocycles. The minimum Gasteiger partial charge on any atom is -0.441 e. The number of benzene rings is 1. The van der Waals surface area contributed by atoms with E-state index in [4.69, 9.17) is 4.42 Å². The molecule has 2 amide bonds. The molecule has 0 aliphatic carbocycles. The molecule has 2 aliphatic rings. The zero-order chi connectivity index (χ0) is 19.7. The zero-order valence-corrected chi connectivity index (χ0v) is 16.6. The molecule has 2 aromatic rings. The maximum absolute atomic E-state index is 12.9. The molecular weight excluding hydrogens is 354 g/mol. The Hall–Kier alpha value is -2.63. The Morgan fingerprint density at radius 1 is 1.21 bits per heavy atom. The molecule has 1 aromatic carbocycles. The Balaban J connectivity index is 1.43. The molecule has 3 heterocycles. The molecule has 2 fully saturated rings. The lowest BCUT2D eigenvalue weighted by Crippen LogP contribution is -2.39. The summed E-state index contributed by atoms with van der Waals surface area (Å²) in [4.78, 5) is 34.0. The third-order valence-electron chi connectivity index (χ3n) is 6.03. The Kier molecular flexibility index (Phi) is 4.96. The number of aryl methyl sites for hydroxylation is 1. The van der Waals surface area contributed by atoms with Crippen LogP contribution < -0.4 is 0 Å². The van der Waals surface area contributed by atoms with Crippen LogP contribution in [-0.2, 0) is 16.0 Å². The van der Waals surface area contributed by atoms with Crippen LogP contribution >= 0.6 is 0 Å². The third-order valence-corrected chi connectivity index (χ3v) is 6.03. The van der Waals surface area contributed by atoms with Crippen LogP contribution in [0.5, 0.6) is 0 Å². The van der Waals surface area contributed by atoms with Gasteiger partial charge < -0.3 is 14.2 Å². The topological polar surface area (TPSA) is 66.7 Å². The van der Waals surface area contributed by atoms with Crippen molar-refractivity contribution < 1.29 is 14.0 Å². The quantitative estimate of drug-likeness (QED) is 0.798. The standard InChI is InChI=1S/C22H27N3O3/c1-3-11-24-12-9-22(21(24)27)10-13-25(15-22)19(26)14-18-16(2)28-20(23-18)17-7-5-4-6-8-17/h4-8H,3,9-15H2,1-2H3. The van der Waals surface area contributed by atoms with Crippen LogP contribution in [0.15, 0.2) is 34.7 Å². The molecule has 28 heavy (non-hydrogen) atoms. The summed E-state index contributed by atoms with van der Waals surface area (Å²) in [6.45, 7) is 6.75. The highest BCUT2D eigenvalue weighted by Gasteiger charge is 2.51. The molecule has 2 saturated heterocycles. The highest BCUT2D eigenvalue weighted by Crippen LogP contribution is 2.41. The summed E-state index contributed by atoms with van der Waals surface area (Å²) >= 11 is 0. The molecule has 0 saturated carbocycles. The van der Waals surface area contributed by atoms with E-state index < -0.39 is 0 Å². The van der Waals surface area contributed by atoms with E-state index in [0.29, 0.717) is 30.4 Å². The molecule has 6 heteroatoms. The van der Waals surface area contributed by atoms with E-state index in [1.54, 1.807) is 0 Å². The van der Waals surface area contributed by atoms with Crippen LogP contribution in [0.25, 0.3) is 11.5 Å². The number of rotatable bonds is 5. The number of aromatic nitrogens is 1. The van der Waals surface area contributed by atoms with Gasteiger partial charge in [0.25, 0.3) is 0 Å². The molecule has 0 radical (unpaired) electrons. The summed E-state index contributed by atoms with van der Waals surface area (Å²) in [6, 6.07) is 9.69. The Labute approximate surface area is 165 Å². The van der Waals surface area contributed by atoms with Crippen molar-refractivity contribution in [2.75, 3.05) is 26.2 Å². The largest absolute Gasteiger partial charge is 0.441 e. The Bertz CT molecular complexity index is 876. The van der Waals surface area contributed by atoms with Crippen LogP contribution in [0, 0.1) is 12.3 Å². The van der Waals surface area contributed by atoms with Gasteiger partial charge in [-0.05, 0) is 38.3 Å². The Morgan fingerprint density at radius 3 is 2.71 bits per heavy atom. The second-order valence-electron chi connectivity index (χ2n) is 7.95. The minimum absolute atomic E-state index is 0.0228. The van der Waals surface area contributed by atoms with Crippen molar-refractivity contribution in [1.82, 2.24) is 14.8 Å². The number of carbonyl (C=O) groups excluding carboxylic acids is 2. The van der Waals surface area contributed by atoms with E-state index in [-0.39, 0.29) is 23.7 Å². The normalized spacial score (nSPS) is 21.9. The van der Waals surface area contributed by atoms with Crippen molar-refractivity contribution in [3.05, 3.63) is 41.8 Å². The van der Waals surface area contributed by atoms with Gasteiger partial charge in [0.2, 0.25) is 17.7 Å². The maximum Gasteiger partial charge on any atom is 0.230 e. The van der Waals surface area contributed by atoms with E-state index >= 15 is 0 Å². The first kappa shape index (κ1) is 18.7. The molecule has 148 valence electrons. The van der Waals surface area contributed by atoms with Crippen molar-refractivity contribution in [3.63, 3.8) is 0 Å². The lowest BCUT2D eigenvalue weighted by Gasteiger charge is -2.23. The summed E-state index contributed by atoms with van der Waals surface area (Å²) in [5.74, 6) is 1.47. The van der Waals surface area contributed by atoms with Gasteiger partial charge in [-0.15, -0.1) is 0 Å². The predicted octanol–water partition coefficient (Wildman–Crippen LogP) is 3.05. The first-order valence-corrected chi connectivity index (χ1v) is 10.1. The number of likely N-dealkylation sites (tertiary alicyclic amines) is 2. The summed E-state index contributed by atoms with van der Waals surface area (Å²) in [5.41, 5.74) is 1.21. The molecule has 4 rings (SSSR count). The fourth-order valence-corrected chi connectivity index (χ4v) is 4.39. The number of carbonyl (C=O) groups is 2. The van der Waals surface area contributed by atoms with E-state index in [0.717, 1.165) is 37.9 Å². The zero-order valence-electron chi connectivity index (χ0n) is 16.6. The molecule has 0 bridgehead atoms. The Morgan fingerprint density at radius 2 is 1.96 bits per heavy atom. The van der Waals surface area contributed by atoms with E-state index in [1.807, 2.05) is 47.1 Å². The molecule has 1 spiro atoms. The van der Waals surface area contributed by atoms with Crippen molar-refractivity contribution >= 4 is 11.8 Å². The summed E-state index contributed by atoms with van der Waals surface area (Å²) < 4.78 is 5.77. The highest BCUT2D eigenvalue weighted by atomic mass is 16.4. The molecule has 1 aromatic heterocycles. The first-order valence-electron chi connectivity index (χ1n) is 10.1. The summed E-state index contributed by atoms with van der Waals surface area (Å²) in [6.07, 6.45) is 2.81. The van der Waals surface area contributed by atoms with Gasteiger partial charge in [-0.3, -0.25) is 9.59 Å².